The van der Waals surface area contributed by atoms with Crippen molar-refractivity contribution >= 4 is 23.6 Å². The Hall–Kier alpha value is -1.53. The molecular weight excluding hydrogens is 370 g/mol. The van der Waals surface area contributed by atoms with E-state index >= 15 is 0 Å². The third-order valence-electron chi connectivity index (χ3n) is 5.90. The van der Waals surface area contributed by atoms with Crippen molar-refractivity contribution in [2.24, 2.45) is 5.92 Å². The van der Waals surface area contributed by atoms with E-state index in [9.17, 15) is 9.59 Å². The number of benzene rings is 1. The van der Waals surface area contributed by atoms with Crippen molar-refractivity contribution in [2.75, 3.05) is 45.0 Å². The van der Waals surface area contributed by atoms with Crippen LogP contribution in [0.1, 0.15) is 49.4 Å². The molecule has 1 aromatic carbocycles. The smallest absolute Gasteiger partial charge is 0.255 e. The third-order valence-corrected chi connectivity index (χ3v) is 6.97. The Morgan fingerprint density at radius 2 is 1.79 bits per heavy atom. The van der Waals surface area contributed by atoms with Gasteiger partial charge in [-0.3, -0.25) is 9.59 Å². The minimum absolute atomic E-state index is 0.0642. The molecule has 1 heterocycles. The number of thioether (sulfide) groups is 1. The van der Waals surface area contributed by atoms with Crippen LogP contribution in [0.4, 0.5) is 0 Å². The van der Waals surface area contributed by atoms with Crippen LogP contribution in [0.2, 0.25) is 0 Å². The van der Waals surface area contributed by atoms with Crippen LogP contribution in [-0.4, -0.2) is 66.6 Å². The summed E-state index contributed by atoms with van der Waals surface area (Å²) in [5.74, 6) is 1.15. The normalized spacial score (nSPS) is 18.8. The second-order valence-corrected chi connectivity index (χ2v) is 8.84. The standard InChI is InChI=1S/C22H33N3O2S/c1-2-24-12-14-25(15-13-24)22(27)19-10-6-7-11-20(19)28-17-21(26)23-16-18-8-4-3-5-9-18/h6-7,10-11,18H,2-5,8-9,12-17H2,1H3,(H,23,26). The predicted molar refractivity (Wildman–Crippen MR) is 115 cm³/mol. The van der Waals surface area contributed by atoms with Crippen molar-refractivity contribution in [1.29, 1.82) is 0 Å². The van der Waals surface area contributed by atoms with E-state index < -0.39 is 0 Å². The van der Waals surface area contributed by atoms with Crippen LogP contribution in [-0.2, 0) is 4.79 Å². The molecule has 0 unspecified atom stereocenters. The maximum Gasteiger partial charge on any atom is 0.255 e. The van der Waals surface area contributed by atoms with Gasteiger partial charge in [-0.2, -0.15) is 0 Å². The Morgan fingerprint density at radius 3 is 2.50 bits per heavy atom. The highest BCUT2D eigenvalue weighted by Gasteiger charge is 2.23. The van der Waals surface area contributed by atoms with Gasteiger partial charge in [0.15, 0.2) is 0 Å². The zero-order chi connectivity index (χ0) is 19.8. The van der Waals surface area contributed by atoms with Gasteiger partial charge in [0, 0.05) is 37.6 Å². The first-order valence-corrected chi connectivity index (χ1v) is 11.7. The maximum absolute atomic E-state index is 13.0. The van der Waals surface area contributed by atoms with Crippen LogP contribution < -0.4 is 5.32 Å². The number of amides is 2. The molecule has 28 heavy (non-hydrogen) atoms. The molecule has 1 N–H and O–H groups in total. The number of rotatable bonds is 7. The van der Waals surface area contributed by atoms with Crippen molar-refractivity contribution in [3.05, 3.63) is 29.8 Å². The Bertz CT molecular complexity index is 653. The van der Waals surface area contributed by atoms with E-state index in [1.807, 2.05) is 29.2 Å². The van der Waals surface area contributed by atoms with E-state index in [0.717, 1.165) is 49.7 Å². The number of piperazine rings is 1. The quantitative estimate of drug-likeness (QED) is 0.710. The molecule has 3 rings (SSSR count). The maximum atomic E-state index is 13.0. The minimum atomic E-state index is 0.0642. The van der Waals surface area contributed by atoms with Gasteiger partial charge in [0.2, 0.25) is 5.91 Å². The van der Waals surface area contributed by atoms with E-state index in [1.54, 1.807) is 0 Å². The van der Waals surface area contributed by atoms with Gasteiger partial charge in [-0.05, 0) is 37.4 Å². The summed E-state index contributed by atoms with van der Waals surface area (Å²) in [6.07, 6.45) is 6.37. The molecule has 2 aliphatic rings. The Labute approximate surface area is 173 Å². The average molecular weight is 404 g/mol. The fraction of sp³-hybridized carbons (Fsp3) is 0.636. The van der Waals surface area contributed by atoms with Crippen LogP contribution in [0.25, 0.3) is 0 Å². The van der Waals surface area contributed by atoms with Crippen LogP contribution in [0.5, 0.6) is 0 Å². The van der Waals surface area contributed by atoms with Crippen molar-refractivity contribution in [3.8, 4) is 0 Å². The molecule has 2 amide bonds. The SMILES string of the molecule is CCN1CCN(C(=O)c2ccccc2SCC(=O)NCC2CCCCC2)CC1. The first-order chi connectivity index (χ1) is 13.7. The largest absolute Gasteiger partial charge is 0.355 e. The molecule has 1 saturated heterocycles. The van der Waals surface area contributed by atoms with Crippen LogP contribution in [0, 0.1) is 5.92 Å². The van der Waals surface area contributed by atoms with E-state index in [1.165, 1.54) is 43.9 Å². The molecule has 0 aromatic heterocycles. The van der Waals surface area contributed by atoms with Gasteiger partial charge >= 0.3 is 0 Å². The molecule has 0 bridgehead atoms. The summed E-state index contributed by atoms with van der Waals surface area (Å²) in [5, 5.41) is 3.09. The number of carbonyl (C=O) groups is 2. The molecular formula is C22H33N3O2S. The fourth-order valence-corrected chi connectivity index (χ4v) is 4.92. The summed E-state index contributed by atoms with van der Waals surface area (Å²) >= 11 is 1.47. The summed E-state index contributed by atoms with van der Waals surface area (Å²) in [5.41, 5.74) is 0.720. The fourth-order valence-electron chi connectivity index (χ4n) is 4.05. The van der Waals surface area contributed by atoms with Gasteiger partial charge in [-0.25, -0.2) is 0 Å². The molecule has 154 valence electrons. The first-order valence-electron chi connectivity index (χ1n) is 10.7. The van der Waals surface area contributed by atoms with Crippen LogP contribution >= 0.6 is 11.8 Å². The zero-order valence-corrected chi connectivity index (χ0v) is 17.8. The van der Waals surface area contributed by atoms with E-state index in [-0.39, 0.29) is 11.8 Å². The predicted octanol–water partition coefficient (Wildman–Crippen LogP) is 3.25. The molecule has 0 radical (unpaired) electrons. The first kappa shape index (κ1) is 21.2. The topological polar surface area (TPSA) is 52.7 Å². The Balaban J connectivity index is 1.50. The molecule has 2 fully saturated rings. The average Bonchev–Trinajstić information content (AvgIpc) is 2.76. The molecule has 0 spiro atoms. The number of carbonyl (C=O) groups excluding carboxylic acids is 2. The summed E-state index contributed by atoms with van der Waals surface area (Å²) in [4.78, 5) is 30.5. The molecule has 1 aliphatic heterocycles. The number of hydrogen-bond acceptors (Lipinski definition) is 4. The summed E-state index contributed by atoms with van der Waals surface area (Å²) in [7, 11) is 0. The number of hydrogen-bond donors (Lipinski definition) is 1. The lowest BCUT2D eigenvalue weighted by Crippen LogP contribution is -2.48. The lowest BCUT2D eigenvalue weighted by atomic mass is 9.89. The van der Waals surface area contributed by atoms with Gasteiger partial charge in [0.05, 0.1) is 11.3 Å². The third kappa shape index (κ3) is 5.98. The second-order valence-electron chi connectivity index (χ2n) is 7.82. The molecule has 1 aromatic rings. The van der Waals surface area contributed by atoms with Crippen molar-refractivity contribution < 1.29 is 9.59 Å². The van der Waals surface area contributed by atoms with Gasteiger partial charge < -0.3 is 15.1 Å². The molecule has 1 saturated carbocycles. The van der Waals surface area contributed by atoms with Crippen LogP contribution in [0.3, 0.4) is 0 Å². The summed E-state index contributed by atoms with van der Waals surface area (Å²) in [6, 6.07) is 7.68. The molecule has 1 aliphatic carbocycles. The van der Waals surface area contributed by atoms with Gasteiger partial charge in [-0.15, -0.1) is 11.8 Å². The molecule has 6 heteroatoms. The lowest BCUT2D eigenvalue weighted by Gasteiger charge is -2.34. The van der Waals surface area contributed by atoms with Gasteiger partial charge in [0.1, 0.15) is 0 Å². The minimum Gasteiger partial charge on any atom is -0.355 e. The summed E-state index contributed by atoms with van der Waals surface area (Å²) < 4.78 is 0. The Kier molecular flexibility index (Phi) is 8.22. The molecule has 0 atom stereocenters. The van der Waals surface area contributed by atoms with E-state index in [4.69, 9.17) is 0 Å². The highest BCUT2D eigenvalue weighted by molar-refractivity contribution is 8.00. The zero-order valence-electron chi connectivity index (χ0n) is 17.0. The van der Waals surface area contributed by atoms with Crippen molar-refractivity contribution in [2.45, 2.75) is 43.9 Å². The van der Waals surface area contributed by atoms with E-state index in [2.05, 4.69) is 17.1 Å². The van der Waals surface area contributed by atoms with Gasteiger partial charge in [-0.1, -0.05) is 38.3 Å². The summed E-state index contributed by atoms with van der Waals surface area (Å²) in [6.45, 7) is 7.39. The number of nitrogens with one attached hydrogen (secondary N) is 1. The second kappa shape index (κ2) is 10.9. The lowest BCUT2D eigenvalue weighted by molar-refractivity contribution is -0.118. The van der Waals surface area contributed by atoms with Crippen molar-refractivity contribution in [1.82, 2.24) is 15.1 Å². The number of nitrogens with zero attached hydrogens (tertiary/aromatic N) is 2. The monoisotopic (exact) mass is 403 g/mol. The Morgan fingerprint density at radius 1 is 1.07 bits per heavy atom. The van der Waals surface area contributed by atoms with Crippen molar-refractivity contribution in [3.63, 3.8) is 0 Å². The highest BCUT2D eigenvalue weighted by atomic mass is 32.2. The van der Waals surface area contributed by atoms with Crippen LogP contribution in [0.15, 0.2) is 29.2 Å². The number of likely N-dealkylation sites (N-methyl/N-ethyl adjacent to an activating group) is 1. The van der Waals surface area contributed by atoms with E-state index in [0.29, 0.717) is 11.7 Å². The highest BCUT2D eigenvalue weighted by Crippen LogP contribution is 2.25. The van der Waals surface area contributed by atoms with Gasteiger partial charge in [0.25, 0.3) is 5.91 Å². The molecule has 5 nitrogen and oxygen atoms in total.